The Kier molecular flexibility index (Phi) is 5.65. The van der Waals surface area contributed by atoms with Crippen LogP contribution in [0.1, 0.15) is 40.4 Å². The van der Waals surface area contributed by atoms with Crippen molar-refractivity contribution in [1.82, 2.24) is 5.32 Å². The molecule has 1 aromatic rings. The van der Waals surface area contributed by atoms with Crippen molar-refractivity contribution in [3.05, 3.63) is 21.4 Å². The zero-order valence-electron chi connectivity index (χ0n) is 10.7. The van der Waals surface area contributed by atoms with Crippen molar-refractivity contribution in [2.24, 2.45) is 5.92 Å². The largest absolute Gasteiger partial charge is 0.396 e. The van der Waals surface area contributed by atoms with Crippen molar-refractivity contribution < 1.29 is 9.90 Å². The number of thiophene rings is 1. The van der Waals surface area contributed by atoms with Crippen LogP contribution in [-0.2, 0) is 6.42 Å². The van der Waals surface area contributed by atoms with Crippen LogP contribution in [0.25, 0.3) is 0 Å². The Bertz CT molecular complexity index is 373. The van der Waals surface area contributed by atoms with Gasteiger partial charge in [0.25, 0.3) is 5.91 Å². The molecule has 4 heteroatoms. The van der Waals surface area contributed by atoms with Crippen LogP contribution in [0.2, 0.25) is 0 Å². The van der Waals surface area contributed by atoms with E-state index in [4.69, 9.17) is 5.11 Å². The molecule has 1 heterocycles. The highest BCUT2D eigenvalue weighted by atomic mass is 32.1. The van der Waals surface area contributed by atoms with Gasteiger partial charge in [0.2, 0.25) is 0 Å². The molecule has 1 rings (SSSR count). The standard InChI is InChI=1S/C13H21NO2S/c1-4-11-7-12(17-10(11)3)13(16)14-8-9(2)5-6-15/h7,9,15H,4-6,8H2,1-3H3,(H,14,16). The minimum absolute atomic E-state index is 0.00240. The summed E-state index contributed by atoms with van der Waals surface area (Å²) >= 11 is 1.55. The molecule has 1 unspecified atom stereocenters. The second-order valence-corrected chi connectivity index (χ2v) is 5.63. The monoisotopic (exact) mass is 255 g/mol. The minimum Gasteiger partial charge on any atom is -0.396 e. The Balaban J connectivity index is 2.52. The Labute approximate surface area is 107 Å². The zero-order chi connectivity index (χ0) is 12.8. The molecule has 96 valence electrons. The highest BCUT2D eigenvalue weighted by molar-refractivity contribution is 7.14. The van der Waals surface area contributed by atoms with E-state index >= 15 is 0 Å². The summed E-state index contributed by atoms with van der Waals surface area (Å²) in [6, 6.07) is 1.98. The van der Waals surface area contributed by atoms with E-state index in [1.54, 1.807) is 11.3 Å². The molecule has 0 saturated carbocycles. The number of carbonyl (C=O) groups excluding carboxylic acids is 1. The van der Waals surface area contributed by atoms with Crippen LogP contribution in [0.3, 0.4) is 0 Å². The van der Waals surface area contributed by atoms with Gasteiger partial charge in [0.05, 0.1) is 4.88 Å². The Morgan fingerprint density at radius 1 is 1.59 bits per heavy atom. The highest BCUT2D eigenvalue weighted by Crippen LogP contribution is 2.21. The maximum absolute atomic E-state index is 11.9. The van der Waals surface area contributed by atoms with E-state index in [1.807, 2.05) is 13.0 Å². The summed E-state index contributed by atoms with van der Waals surface area (Å²) in [6.45, 7) is 6.97. The lowest BCUT2D eigenvalue weighted by Crippen LogP contribution is -2.28. The summed E-state index contributed by atoms with van der Waals surface area (Å²) in [5.74, 6) is 0.318. The first kappa shape index (κ1) is 14.2. The number of aryl methyl sites for hydroxylation is 2. The lowest BCUT2D eigenvalue weighted by molar-refractivity contribution is 0.0949. The van der Waals surface area contributed by atoms with Crippen molar-refractivity contribution >= 4 is 17.2 Å². The van der Waals surface area contributed by atoms with Gasteiger partial charge in [-0.2, -0.15) is 0 Å². The van der Waals surface area contributed by atoms with Gasteiger partial charge in [0.1, 0.15) is 0 Å². The summed E-state index contributed by atoms with van der Waals surface area (Å²) in [6.07, 6.45) is 1.69. The van der Waals surface area contributed by atoms with Crippen LogP contribution < -0.4 is 5.32 Å². The molecular formula is C13H21NO2S. The maximum atomic E-state index is 11.9. The van der Waals surface area contributed by atoms with Crippen molar-refractivity contribution in [1.29, 1.82) is 0 Å². The molecule has 3 nitrogen and oxygen atoms in total. The molecule has 17 heavy (non-hydrogen) atoms. The molecule has 0 bridgehead atoms. The van der Waals surface area contributed by atoms with Gasteiger partial charge in [-0.15, -0.1) is 11.3 Å². The zero-order valence-corrected chi connectivity index (χ0v) is 11.6. The van der Waals surface area contributed by atoms with Crippen LogP contribution in [-0.4, -0.2) is 24.2 Å². The van der Waals surface area contributed by atoms with Gasteiger partial charge in [-0.1, -0.05) is 13.8 Å². The summed E-state index contributed by atoms with van der Waals surface area (Å²) in [4.78, 5) is 13.9. The number of rotatable bonds is 6. The van der Waals surface area contributed by atoms with Crippen LogP contribution in [0, 0.1) is 12.8 Å². The molecule has 1 aromatic heterocycles. The maximum Gasteiger partial charge on any atom is 0.261 e. The smallest absolute Gasteiger partial charge is 0.261 e. The lowest BCUT2D eigenvalue weighted by Gasteiger charge is -2.10. The average molecular weight is 255 g/mol. The third kappa shape index (κ3) is 4.13. The second-order valence-electron chi connectivity index (χ2n) is 4.37. The van der Waals surface area contributed by atoms with E-state index < -0.39 is 0 Å². The number of carbonyl (C=O) groups is 1. The number of amides is 1. The van der Waals surface area contributed by atoms with E-state index in [0.29, 0.717) is 12.5 Å². The van der Waals surface area contributed by atoms with Gasteiger partial charge >= 0.3 is 0 Å². The predicted molar refractivity (Wildman–Crippen MR) is 71.6 cm³/mol. The van der Waals surface area contributed by atoms with Gasteiger partial charge in [-0.3, -0.25) is 4.79 Å². The summed E-state index contributed by atoms with van der Waals surface area (Å²) < 4.78 is 0. The Morgan fingerprint density at radius 2 is 2.29 bits per heavy atom. The van der Waals surface area contributed by atoms with E-state index in [0.717, 1.165) is 17.7 Å². The molecular weight excluding hydrogens is 234 g/mol. The Morgan fingerprint density at radius 3 is 2.82 bits per heavy atom. The van der Waals surface area contributed by atoms with Crippen LogP contribution in [0.15, 0.2) is 6.07 Å². The Hall–Kier alpha value is -0.870. The minimum atomic E-state index is 0.00240. The number of hydrogen-bond donors (Lipinski definition) is 2. The van der Waals surface area contributed by atoms with E-state index in [-0.39, 0.29) is 12.5 Å². The second kappa shape index (κ2) is 6.77. The SMILES string of the molecule is CCc1cc(C(=O)NCC(C)CCO)sc1C. The molecule has 0 aliphatic carbocycles. The molecule has 0 spiro atoms. The molecule has 0 radical (unpaired) electrons. The van der Waals surface area contributed by atoms with E-state index in [9.17, 15) is 4.79 Å². The third-order valence-corrected chi connectivity index (χ3v) is 3.95. The fourth-order valence-electron chi connectivity index (χ4n) is 1.66. The quantitative estimate of drug-likeness (QED) is 0.820. The summed E-state index contributed by atoms with van der Waals surface area (Å²) in [5, 5.41) is 11.7. The average Bonchev–Trinajstić information content (AvgIpc) is 2.68. The summed E-state index contributed by atoms with van der Waals surface area (Å²) in [5.41, 5.74) is 1.25. The predicted octanol–water partition coefficient (Wildman–Crippen LogP) is 2.37. The molecule has 0 saturated heterocycles. The lowest BCUT2D eigenvalue weighted by atomic mass is 10.1. The third-order valence-electron chi connectivity index (χ3n) is 2.86. The number of hydrogen-bond acceptors (Lipinski definition) is 3. The summed E-state index contributed by atoms with van der Waals surface area (Å²) in [7, 11) is 0. The number of aliphatic hydroxyl groups is 1. The van der Waals surface area contributed by atoms with Gasteiger partial charge in [0.15, 0.2) is 0 Å². The van der Waals surface area contributed by atoms with Crippen molar-refractivity contribution in [2.45, 2.75) is 33.6 Å². The van der Waals surface area contributed by atoms with Crippen molar-refractivity contribution in [3.8, 4) is 0 Å². The van der Waals surface area contributed by atoms with Crippen LogP contribution in [0.4, 0.5) is 0 Å². The van der Waals surface area contributed by atoms with Gasteiger partial charge in [-0.05, 0) is 37.3 Å². The molecule has 1 atom stereocenters. The topological polar surface area (TPSA) is 49.3 Å². The molecule has 0 aliphatic heterocycles. The molecule has 0 aromatic carbocycles. The molecule has 0 fully saturated rings. The fraction of sp³-hybridized carbons (Fsp3) is 0.615. The van der Waals surface area contributed by atoms with Crippen molar-refractivity contribution in [2.75, 3.05) is 13.2 Å². The normalized spacial score (nSPS) is 12.5. The molecule has 0 aliphatic rings. The van der Waals surface area contributed by atoms with Gasteiger partial charge in [0, 0.05) is 18.0 Å². The van der Waals surface area contributed by atoms with Gasteiger partial charge < -0.3 is 10.4 Å². The molecule has 2 N–H and O–H groups in total. The first-order chi connectivity index (χ1) is 8.08. The van der Waals surface area contributed by atoms with Gasteiger partial charge in [-0.25, -0.2) is 0 Å². The first-order valence-electron chi connectivity index (χ1n) is 6.06. The van der Waals surface area contributed by atoms with E-state index in [1.165, 1.54) is 10.4 Å². The number of aliphatic hydroxyl groups excluding tert-OH is 1. The van der Waals surface area contributed by atoms with Crippen molar-refractivity contribution in [3.63, 3.8) is 0 Å². The van der Waals surface area contributed by atoms with Crippen LogP contribution >= 0.6 is 11.3 Å². The first-order valence-corrected chi connectivity index (χ1v) is 6.88. The van der Waals surface area contributed by atoms with Crippen LogP contribution in [0.5, 0.6) is 0 Å². The van der Waals surface area contributed by atoms with E-state index in [2.05, 4.69) is 19.2 Å². The fourth-order valence-corrected chi connectivity index (χ4v) is 2.69. The highest BCUT2D eigenvalue weighted by Gasteiger charge is 2.12. The molecule has 1 amide bonds. The number of nitrogens with one attached hydrogen (secondary N) is 1.